The first-order valence-electron chi connectivity index (χ1n) is 9.43. The Bertz CT molecular complexity index is 840. The minimum absolute atomic E-state index is 0.00437. The summed E-state index contributed by atoms with van der Waals surface area (Å²) in [4.78, 5) is 0. The van der Waals surface area contributed by atoms with Gasteiger partial charge in [0.2, 0.25) is 10.0 Å². The molecule has 2 aliphatic carbocycles. The number of sulfonamides is 1. The molecule has 0 amide bonds. The zero-order valence-corrected chi connectivity index (χ0v) is 16.9. The van der Waals surface area contributed by atoms with Gasteiger partial charge in [0.15, 0.2) is 0 Å². The van der Waals surface area contributed by atoms with Gasteiger partial charge in [-0.25, -0.2) is 8.42 Å². The van der Waals surface area contributed by atoms with Crippen LogP contribution in [0.4, 0.5) is 0 Å². The van der Waals surface area contributed by atoms with Gasteiger partial charge in [-0.1, -0.05) is 57.2 Å². The van der Waals surface area contributed by atoms with Crippen LogP contribution in [0.5, 0.6) is 0 Å². The van der Waals surface area contributed by atoms with E-state index in [9.17, 15) is 8.42 Å². The van der Waals surface area contributed by atoms with Gasteiger partial charge in [0.1, 0.15) is 0 Å². The molecule has 3 fully saturated rings. The number of benzene rings is 1. The van der Waals surface area contributed by atoms with Gasteiger partial charge in [-0.3, -0.25) is 0 Å². The molecule has 4 rings (SSSR count). The Kier molecular flexibility index (Phi) is 3.84. The van der Waals surface area contributed by atoms with Gasteiger partial charge in [0, 0.05) is 0 Å². The van der Waals surface area contributed by atoms with Crippen molar-refractivity contribution in [1.82, 2.24) is 4.22 Å². The second-order valence-electron chi connectivity index (χ2n) is 8.98. The van der Waals surface area contributed by atoms with Crippen LogP contribution < -0.4 is 0 Å². The van der Waals surface area contributed by atoms with Gasteiger partial charge in [-0.2, -0.15) is 4.22 Å². The fraction of sp³-hybridized carbons (Fsp3) is 0.600. The van der Waals surface area contributed by atoms with E-state index >= 15 is 0 Å². The van der Waals surface area contributed by atoms with Crippen LogP contribution in [0.1, 0.15) is 39.2 Å². The second-order valence-corrected chi connectivity index (χ2v) is 10.8. The maximum atomic E-state index is 13.0. The first kappa shape index (κ1) is 18.3. The third kappa shape index (κ3) is 1.96. The predicted molar refractivity (Wildman–Crippen MR) is 105 cm³/mol. The van der Waals surface area contributed by atoms with Crippen LogP contribution in [0.15, 0.2) is 43.0 Å². The van der Waals surface area contributed by atoms with E-state index in [1.807, 2.05) is 18.2 Å². The lowest BCUT2D eigenvalue weighted by molar-refractivity contribution is 0.00987. The van der Waals surface area contributed by atoms with Crippen molar-refractivity contribution in [2.24, 2.45) is 16.7 Å². The van der Waals surface area contributed by atoms with Crippen LogP contribution in [0.2, 0.25) is 6.32 Å². The smallest absolute Gasteiger partial charge is 0.401 e. The highest BCUT2D eigenvalue weighted by Crippen LogP contribution is 2.76. The van der Waals surface area contributed by atoms with Crippen molar-refractivity contribution in [2.75, 3.05) is 6.26 Å². The van der Waals surface area contributed by atoms with Crippen molar-refractivity contribution in [3.63, 3.8) is 0 Å². The van der Waals surface area contributed by atoms with Crippen molar-refractivity contribution >= 4 is 17.1 Å². The van der Waals surface area contributed by atoms with E-state index in [4.69, 9.17) is 4.65 Å². The number of rotatable bonds is 4. The zero-order chi connectivity index (χ0) is 19.0. The van der Waals surface area contributed by atoms with Crippen LogP contribution in [0.25, 0.3) is 0 Å². The topological polar surface area (TPSA) is 46.6 Å². The van der Waals surface area contributed by atoms with Gasteiger partial charge in [-0.05, 0) is 41.5 Å². The van der Waals surface area contributed by atoms with E-state index in [-0.39, 0.29) is 22.9 Å². The number of hydrogen-bond acceptors (Lipinski definition) is 3. The number of fused-ring (bicyclic) bond motifs is 5. The summed E-state index contributed by atoms with van der Waals surface area (Å²) >= 11 is 0. The summed E-state index contributed by atoms with van der Waals surface area (Å²) in [5.41, 5.74) is 0.351. The monoisotopic (exact) mass is 373 g/mol. The molecule has 4 nitrogen and oxygen atoms in total. The minimum Gasteiger partial charge on any atom is -0.415 e. The van der Waals surface area contributed by atoms with Crippen LogP contribution in [0, 0.1) is 16.7 Å². The zero-order valence-electron chi connectivity index (χ0n) is 16.1. The van der Waals surface area contributed by atoms with Crippen molar-refractivity contribution < 1.29 is 13.1 Å². The molecule has 2 saturated carbocycles. The highest BCUT2D eigenvalue weighted by atomic mass is 32.2. The van der Waals surface area contributed by atoms with Crippen molar-refractivity contribution in [3.8, 4) is 0 Å². The van der Waals surface area contributed by atoms with E-state index in [1.165, 1.54) is 6.26 Å². The van der Waals surface area contributed by atoms with Crippen molar-refractivity contribution in [3.05, 3.63) is 48.6 Å². The van der Waals surface area contributed by atoms with Gasteiger partial charge in [0.25, 0.3) is 0 Å². The Morgan fingerprint density at radius 1 is 1.31 bits per heavy atom. The fourth-order valence-electron chi connectivity index (χ4n) is 6.37. The molecule has 1 aliphatic heterocycles. The predicted octanol–water partition coefficient (Wildman–Crippen LogP) is 3.67. The van der Waals surface area contributed by atoms with E-state index in [1.54, 1.807) is 10.3 Å². The standard InChI is InChI=1S/C20H28BNO3S/c1-6-14-21-22(26(5,23)24)20(15-10-8-7-9-11-15)16-12-13-19(4,17(20)25-21)18(16,2)3/h6-11,16-17H,1,12-14H2,2-5H3/t16-,17-,19-,20+/m0/s1. The number of nitrogens with zero attached hydrogens (tertiary/aromatic N) is 1. The number of hydrogen-bond donors (Lipinski definition) is 0. The van der Waals surface area contributed by atoms with Crippen molar-refractivity contribution in [1.29, 1.82) is 0 Å². The first-order valence-corrected chi connectivity index (χ1v) is 11.3. The quantitative estimate of drug-likeness (QED) is 0.598. The summed E-state index contributed by atoms with van der Waals surface area (Å²) < 4.78 is 34.4. The van der Waals surface area contributed by atoms with Gasteiger partial charge in [0.05, 0.1) is 17.9 Å². The second kappa shape index (κ2) is 5.46. The fourth-order valence-corrected chi connectivity index (χ4v) is 7.81. The Balaban J connectivity index is 2.03. The summed E-state index contributed by atoms with van der Waals surface area (Å²) in [5.74, 6) is 0.219. The molecule has 3 aliphatic rings. The van der Waals surface area contributed by atoms with E-state index in [0.717, 1.165) is 18.4 Å². The lowest BCUT2D eigenvalue weighted by Crippen LogP contribution is -2.57. The summed E-state index contributed by atoms with van der Waals surface area (Å²) in [7, 11) is -3.96. The molecule has 0 unspecified atom stereocenters. The van der Waals surface area contributed by atoms with Crippen LogP contribution in [0.3, 0.4) is 0 Å². The molecular weight excluding hydrogens is 345 g/mol. The van der Waals surface area contributed by atoms with E-state index in [0.29, 0.717) is 6.32 Å². The molecule has 2 bridgehead atoms. The third-order valence-electron chi connectivity index (χ3n) is 7.69. The molecule has 6 heteroatoms. The molecule has 0 N–H and O–H groups in total. The third-order valence-corrected chi connectivity index (χ3v) is 8.94. The normalized spacial score (nSPS) is 38.5. The Morgan fingerprint density at radius 3 is 2.54 bits per heavy atom. The minimum atomic E-state index is -3.47. The SMILES string of the molecule is C=CCB1O[C@@H]2[C@@](c3ccccc3)([C@H]3CC[C@]2(C)C3(C)C)N1S(C)(=O)=O. The highest BCUT2D eigenvalue weighted by molar-refractivity contribution is 7.89. The lowest BCUT2D eigenvalue weighted by atomic mass is 9.68. The maximum Gasteiger partial charge on any atom is 0.401 e. The molecule has 0 aromatic heterocycles. The van der Waals surface area contributed by atoms with Crippen LogP contribution in [-0.4, -0.2) is 32.0 Å². The molecule has 0 radical (unpaired) electrons. The summed E-state index contributed by atoms with van der Waals surface area (Å²) in [6.07, 6.45) is 5.53. The van der Waals surface area contributed by atoms with Crippen LogP contribution in [-0.2, 0) is 20.2 Å². The summed E-state index contributed by atoms with van der Waals surface area (Å²) in [6, 6.07) is 10.1. The largest absolute Gasteiger partial charge is 0.415 e. The summed E-state index contributed by atoms with van der Waals surface area (Å²) in [5, 5.41) is 0. The highest BCUT2D eigenvalue weighted by Gasteiger charge is 2.80. The average molecular weight is 373 g/mol. The molecular formula is C20H28BNO3S. The molecule has 1 saturated heterocycles. The first-order chi connectivity index (χ1) is 12.1. The molecule has 26 heavy (non-hydrogen) atoms. The molecule has 1 heterocycles. The molecule has 1 aromatic rings. The van der Waals surface area contributed by atoms with Gasteiger partial charge >= 0.3 is 7.05 Å². The molecule has 140 valence electrons. The average Bonchev–Trinajstić information content (AvgIpc) is 3.08. The van der Waals surface area contributed by atoms with Crippen molar-refractivity contribution in [2.45, 2.75) is 51.6 Å². The van der Waals surface area contributed by atoms with E-state index in [2.05, 4.69) is 39.5 Å². The maximum absolute atomic E-state index is 13.0. The summed E-state index contributed by atoms with van der Waals surface area (Å²) in [6.45, 7) is 10.7. The number of allylic oxidation sites excluding steroid dienone is 1. The lowest BCUT2D eigenvalue weighted by Gasteiger charge is -2.46. The van der Waals surface area contributed by atoms with Crippen LogP contribution >= 0.6 is 0 Å². The molecule has 4 atom stereocenters. The Labute approximate surface area is 157 Å². The molecule has 0 spiro atoms. The Hall–Kier alpha value is -1.11. The van der Waals surface area contributed by atoms with Gasteiger partial charge < -0.3 is 4.65 Å². The molecule has 1 aromatic carbocycles. The van der Waals surface area contributed by atoms with E-state index < -0.39 is 22.6 Å². The Morgan fingerprint density at radius 2 is 1.96 bits per heavy atom. The van der Waals surface area contributed by atoms with Gasteiger partial charge in [-0.15, -0.1) is 6.58 Å².